The molecule has 9 heteroatoms. The molecule has 0 bridgehead atoms. The summed E-state index contributed by atoms with van der Waals surface area (Å²) in [5.74, 6) is -2.36. The van der Waals surface area contributed by atoms with Gasteiger partial charge in [0.2, 0.25) is 5.91 Å². The van der Waals surface area contributed by atoms with E-state index in [-0.39, 0.29) is 23.5 Å². The molecule has 0 aliphatic rings. The maximum absolute atomic E-state index is 12.8. The second-order valence-corrected chi connectivity index (χ2v) is 6.03. The minimum Gasteiger partial charge on any atom is -0.480 e. The van der Waals surface area contributed by atoms with Crippen LogP contribution in [0.1, 0.15) is 28.4 Å². The molecule has 2 amide bonds. The number of alkyl halides is 3. The molecule has 0 unspecified atom stereocenters. The molecule has 28 heavy (non-hydrogen) atoms. The summed E-state index contributed by atoms with van der Waals surface area (Å²) in [5.41, 5.74) is -0.162. The standard InChI is InChI=1S/C19H17F3N2O4/c1-11(25)23-15-7-5-13(6-8-15)17(26)24-16(18(27)28)10-12-3-2-4-14(9-12)19(20,21)22/h2-9,16H,10H2,1H3,(H,23,25)(H,24,26)(H,27,28)/t16-/m0/s1. The highest BCUT2D eigenvalue weighted by atomic mass is 19.4. The second kappa shape index (κ2) is 8.55. The van der Waals surface area contributed by atoms with E-state index in [2.05, 4.69) is 10.6 Å². The van der Waals surface area contributed by atoms with Crippen LogP contribution in [-0.2, 0) is 22.2 Å². The van der Waals surface area contributed by atoms with Crippen LogP contribution in [0.25, 0.3) is 0 Å². The summed E-state index contributed by atoms with van der Waals surface area (Å²) < 4.78 is 38.4. The SMILES string of the molecule is CC(=O)Nc1ccc(C(=O)N[C@@H](Cc2cccc(C(F)(F)F)c2)C(=O)O)cc1. The van der Waals surface area contributed by atoms with Crippen molar-refractivity contribution in [1.29, 1.82) is 0 Å². The van der Waals surface area contributed by atoms with Gasteiger partial charge in [0.25, 0.3) is 5.91 Å². The van der Waals surface area contributed by atoms with E-state index in [1.54, 1.807) is 0 Å². The highest BCUT2D eigenvalue weighted by Gasteiger charge is 2.31. The van der Waals surface area contributed by atoms with Crippen LogP contribution in [-0.4, -0.2) is 28.9 Å². The fourth-order valence-electron chi connectivity index (χ4n) is 2.46. The Morgan fingerprint density at radius 2 is 1.71 bits per heavy atom. The molecule has 3 N–H and O–H groups in total. The average molecular weight is 394 g/mol. The third kappa shape index (κ3) is 5.83. The van der Waals surface area contributed by atoms with Gasteiger partial charge in [-0.05, 0) is 35.9 Å². The van der Waals surface area contributed by atoms with Gasteiger partial charge in [0, 0.05) is 24.6 Å². The number of carbonyl (C=O) groups excluding carboxylic acids is 2. The molecule has 0 aliphatic heterocycles. The Morgan fingerprint density at radius 3 is 2.25 bits per heavy atom. The van der Waals surface area contributed by atoms with E-state index in [1.807, 2.05) is 0 Å². The lowest BCUT2D eigenvalue weighted by atomic mass is 10.0. The number of halogens is 3. The first-order valence-corrected chi connectivity index (χ1v) is 8.13. The summed E-state index contributed by atoms with van der Waals surface area (Å²) in [6.07, 6.45) is -4.86. The number of amides is 2. The average Bonchev–Trinajstić information content (AvgIpc) is 2.60. The number of hydrogen-bond acceptors (Lipinski definition) is 3. The molecular formula is C19H17F3N2O4. The van der Waals surface area contributed by atoms with Crippen LogP contribution in [0.2, 0.25) is 0 Å². The van der Waals surface area contributed by atoms with Crippen LogP contribution in [0.3, 0.4) is 0 Å². The van der Waals surface area contributed by atoms with Gasteiger partial charge in [0.1, 0.15) is 6.04 Å². The fraction of sp³-hybridized carbons (Fsp3) is 0.211. The zero-order valence-electron chi connectivity index (χ0n) is 14.7. The molecule has 2 aromatic carbocycles. The maximum atomic E-state index is 12.8. The Bertz CT molecular complexity index is 879. The number of carboxylic acids is 1. The quantitative estimate of drug-likeness (QED) is 0.702. The Balaban J connectivity index is 2.11. The highest BCUT2D eigenvalue weighted by molar-refractivity contribution is 5.97. The number of anilines is 1. The molecule has 0 saturated heterocycles. The van der Waals surface area contributed by atoms with Gasteiger partial charge in [0.05, 0.1) is 5.56 Å². The molecule has 0 spiro atoms. The lowest BCUT2D eigenvalue weighted by Gasteiger charge is -2.16. The smallest absolute Gasteiger partial charge is 0.416 e. The Morgan fingerprint density at radius 1 is 1.07 bits per heavy atom. The molecule has 0 radical (unpaired) electrons. The molecule has 148 valence electrons. The van der Waals surface area contributed by atoms with Crippen LogP contribution in [0.15, 0.2) is 48.5 Å². The van der Waals surface area contributed by atoms with E-state index < -0.39 is 29.7 Å². The van der Waals surface area contributed by atoms with E-state index in [1.165, 1.54) is 43.3 Å². The zero-order chi connectivity index (χ0) is 20.9. The molecular weight excluding hydrogens is 377 g/mol. The molecule has 2 rings (SSSR count). The van der Waals surface area contributed by atoms with Crippen molar-refractivity contribution in [2.45, 2.75) is 25.6 Å². The first-order valence-electron chi connectivity index (χ1n) is 8.13. The van der Waals surface area contributed by atoms with Crippen molar-refractivity contribution in [1.82, 2.24) is 5.32 Å². The van der Waals surface area contributed by atoms with Gasteiger partial charge in [-0.2, -0.15) is 13.2 Å². The number of rotatable bonds is 6. The lowest BCUT2D eigenvalue weighted by Crippen LogP contribution is -2.42. The minimum atomic E-state index is -4.55. The Kier molecular flexibility index (Phi) is 6.40. The third-order valence-electron chi connectivity index (χ3n) is 3.77. The van der Waals surface area contributed by atoms with Gasteiger partial charge in [-0.3, -0.25) is 9.59 Å². The van der Waals surface area contributed by atoms with Crippen molar-refractivity contribution >= 4 is 23.5 Å². The van der Waals surface area contributed by atoms with E-state index in [0.29, 0.717) is 5.69 Å². The summed E-state index contributed by atoms with van der Waals surface area (Å²) in [5, 5.41) is 14.1. The van der Waals surface area contributed by atoms with E-state index in [0.717, 1.165) is 12.1 Å². The fourth-order valence-corrected chi connectivity index (χ4v) is 2.46. The highest BCUT2D eigenvalue weighted by Crippen LogP contribution is 2.29. The number of aliphatic carboxylic acids is 1. The Labute approximate surface area is 158 Å². The maximum Gasteiger partial charge on any atom is 0.416 e. The lowest BCUT2D eigenvalue weighted by molar-refractivity contribution is -0.139. The van der Waals surface area contributed by atoms with Crippen LogP contribution in [0, 0.1) is 0 Å². The summed E-state index contributed by atoms with van der Waals surface area (Å²) >= 11 is 0. The Hall–Kier alpha value is -3.36. The number of nitrogens with one attached hydrogen (secondary N) is 2. The molecule has 0 fully saturated rings. The second-order valence-electron chi connectivity index (χ2n) is 6.03. The summed E-state index contributed by atoms with van der Waals surface area (Å²) in [6, 6.07) is 8.59. The third-order valence-corrected chi connectivity index (χ3v) is 3.77. The van der Waals surface area contributed by atoms with E-state index in [9.17, 15) is 32.7 Å². The summed E-state index contributed by atoms with van der Waals surface area (Å²) in [4.78, 5) is 34.7. The van der Waals surface area contributed by atoms with Gasteiger partial charge < -0.3 is 15.7 Å². The van der Waals surface area contributed by atoms with Crippen LogP contribution in [0.4, 0.5) is 18.9 Å². The van der Waals surface area contributed by atoms with Crippen LogP contribution < -0.4 is 10.6 Å². The van der Waals surface area contributed by atoms with Crippen LogP contribution in [0.5, 0.6) is 0 Å². The van der Waals surface area contributed by atoms with Gasteiger partial charge in [-0.15, -0.1) is 0 Å². The first kappa shape index (κ1) is 20.9. The molecule has 2 aromatic rings. The van der Waals surface area contributed by atoms with Crippen molar-refractivity contribution in [3.8, 4) is 0 Å². The van der Waals surface area contributed by atoms with Gasteiger partial charge in [-0.25, -0.2) is 4.79 Å². The number of benzene rings is 2. The first-order chi connectivity index (χ1) is 13.1. The minimum absolute atomic E-state index is 0.128. The van der Waals surface area contributed by atoms with E-state index >= 15 is 0 Å². The largest absolute Gasteiger partial charge is 0.480 e. The molecule has 0 aromatic heterocycles. The molecule has 0 aliphatic carbocycles. The topological polar surface area (TPSA) is 95.5 Å². The number of carbonyl (C=O) groups is 3. The normalized spacial score (nSPS) is 12.1. The van der Waals surface area contributed by atoms with Gasteiger partial charge in [-0.1, -0.05) is 18.2 Å². The van der Waals surface area contributed by atoms with Crippen molar-refractivity contribution in [3.63, 3.8) is 0 Å². The molecule has 6 nitrogen and oxygen atoms in total. The monoisotopic (exact) mass is 394 g/mol. The van der Waals surface area contributed by atoms with Crippen LogP contribution >= 0.6 is 0 Å². The molecule has 1 atom stereocenters. The zero-order valence-corrected chi connectivity index (χ0v) is 14.7. The van der Waals surface area contributed by atoms with Crippen molar-refractivity contribution in [2.75, 3.05) is 5.32 Å². The predicted molar refractivity (Wildman–Crippen MR) is 94.8 cm³/mol. The predicted octanol–water partition coefficient (Wildman–Crippen LogP) is 3.09. The van der Waals surface area contributed by atoms with Crippen molar-refractivity contribution < 1.29 is 32.7 Å². The van der Waals surface area contributed by atoms with Crippen molar-refractivity contribution in [3.05, 3.63) is 65.2 Å². The summed E-state index contributed by atoms with van der Waals surface area (Å²) in [7, 11) is 0. The van der Waals surface area contributed by atoms with Crippen molar-refractivity contribution in [2.24, 2.45) is 0 Å². The number of carboxylic acid groups (broad SMARTS) is 1. The molecule has 0 heterocycles. The van der Waals surface area contributed by atoms with Gasteiger partial charge >= 0.3 is 12.1 Å². The van der Waals surface area contributed by atoms with E-state index in [4.69, 9.17) is 0 Å². The van der Waals surface area contributed by atoms with Gasteiger partial charge in [0.15, 0.2) is 0 Å². The molecule has 0 saturated carbocycles. The summed E-state index contributed by atoms with van der Waals surface area (Å²) in [6.45, 7) is 1.33. The number of hydrogen-bond donors (Lipinski definition) is 3.